The molecule has 0 aromatic carbocycles. The Labute approximate surface area is 63.4 Å². The van der Waals surface area contributed by atoms with Gasteiger partial charge in [0.05, 0.1) is 6.26 Å². The Balaban J connectivity index is 0. The minimum atomic E-state index is 0.935. The summed E-state index contributed by atoms with van der Waals surface area (Å²) in [5.41, 5.74) is 1.95. The maximum Gasteiger partial charge on any atom is 0.0778 e. The monoisotopic (exact) mass is 140 g/mol. The fraction of sp³-hybridized carbons (Fsp3) is 0.333. The molecule has 1 heteroatoms. The molecule has 1 N–H and O–H groups in total. The topological polar surface area (TPSA) is 20.2 Å². The molecule has 0 aliphatic rings. The number of rotatable bonds is 1. The van der Waals surface area contributed by atoms with Crippen LogP contribution in [0.3, 0.4) is 0 Å². The van der Waals surface area contributed by atoms with Gasteiger partial charge in [-0.2, -0.15) is 0 Å². The molecule has 0 amide bonds. The van der Waals surface area contributed by atoms with Gasteiger partial charge in [-0.3, -0.25) is 0 Å². The number of aliphatic hydroxyl groups excluding tert-OH is 1. The lowest BCUT2D eigenvalue weighted by Crippen LogP contribution is -1.56. The van der Waals surface area contributed by atoms with E-state index >= 15 is 0 Å². The largest absolute Gasteiger partial charge is 0.516 e. The predicted molar refractivity (Wildman–Crippen MR) is 47.1 cm³/mol. The van der Waals surface area contributed by atoms with Crippen LogP contribution >= 0.6 is 0 Å². The second-order valence-electron chi connectivity index (χ2n) is 2.26. The Kier molecular flexibility index (Phi) is 9.44. The van der Waals surface area contributed by atoms with Crippen molar-refractivity contribution in [3.63, 3.8) is 0 Å². The molecule has 0 atom stereocenters. The fourth-order valence-corrected chi connectivity index (χ4v) is 0. The summed E-state index contributed by atoms with van der Waals surface area (Å²) in [7, 11) is 0. The van der Waals surface area contributed by atoms with Crippen LogP contribution in [-0.2, 0) is 0 Å². The van der Waals surface area contributed by atoms with Crippen LogP contribution in [0.25, 0.3) is 0 Å². The van der Waals surface area contributed by atoms with Gasteiger partial charge in [-0.05, 0) is 26.3 Å². The van der Waals surface area contributed by atoms with Crippen molar-refractivity contribution in [1.82, 2.24) is 0 Å². The number of hydrogen-bond acceptors (Lipinski definition) is 1. The van der Waals surface area contributed by atoms with Gasteiger partial charge in [-0.15, -0.1) is 0 Å². The van der Waals surface area contributed by atoms with Gasteiger partial charge < -0.3 is 5.11 Å². The van der Waals surface area contributed by atoms with Gasteiger partial charge in [-0.25, -0.2) is 0 Å². The zero-order valence-corrected chi connectivity index (χ0v) is 7.02. The van der Waals surface area contributed by atoms with E-state index in [0.717, 1.165) is 17.4 Å². The molecule has 0 radical (unpaired) electrons. The van der Waals surface area contributed by atoms with Gasteiger partial charge in [0.1, 0.15) is 0 Å². The van der Waals surface area contributed by atoms with Crippen LogP contribution < -0.4 is 0 Å². The van der Waals surface area contributed by atoms with E-state index in [4.69, 9.17) is 5.11 Å². The van der Waals surface area contributed by atoms with Crippen molar-refractivity contribution in [2.24, 2.45) is 0 Å². The highest BCUT2D eigenvalue weighted by Gasteiger charge is 1.63. The van der Waals surface area contributed by atoms with E-state index in [-0.39, 0.29) is 0 Å². The molecule has 0 aromatic heterocycles. The first-order valence-corrected chi connectivity index (χ1v) is 3.10. The number of hydrogen-bond donors (Lipinski definition) is 1. The molecule has 0 spiro atoms. The van der Waals surface area contributed by atoms with E-state index < -0.39 is 0 Å². The lowest BCUT2D eigenvalue weighted by Gasteiger charge is -1.73. The lowest BCUT2D eigenvalue weighted by atomic mass is 10.4. The Morgan fingerprint density at radius 1 is 1.30 bits per heavy atom. The molecular weight excluding hydrogens is 124 g/mol. The van der Waals surface area contributed by atoms with Crippen LogP contribution in [0.4, 0.5) is 0 Å². The third-order valence-electron chi connectivity index (χ3n) is 0.607. The average molecular weight is 140 g/mol. The summed E-state index contributed by atoms with van der Waals surface area (Å²) in [4.78, 5) is 0. The molecule has 0 unspecified atom stereocenters. The van der Waals surface area contributed by atoms with Crippen molar-refractivity contribution < 1.29 is 5.11 Å². The standard InChI is InChI=1S/C5H8.C4H8O/c1-4-5(2)3;1-4(2)3-5/h4H,1-2H2,3H3;3,5H,1-2H3. The van der Waals surface area contributed by atoms with E-state index in [2.05, 4.69) is 13.2 Å². The van der Waals surface area contributed by atoms with Crippen molar-refractivity contribution in [1.29, 1.82) is 0 Å². The molecule has 0 aromatic rings. The highest BCUT2D eigenvalue weighted by molar-refractivity contribution is 5.05. The van der Waals surface area contributed by atoms with Crippen LogP contribution in [0.2, 0.25) is 0 Å². The first-order chi connectivity index (χ1) is 4.54. The van der Waals surface area contributed by atoms with Crippen molar-refractivity contribution in [3.05, 3.63) is 36.6 Å². The molecule has 0 heterocycles. The van der Waals surface area contributed by atoms with Crippen molar-refractivity contribution in [3.8, 4) is 0 Å². The molecule has 0 rings (SSSR count). The predicted octanol–water partition coefficient (Wildman–Crippen LogP) is 3.22. The zero-order chi connectivity index (χ0) is 8.57. The Morgan fingerprint density at radius 2 is 1.50 bits per heavy atom. The third kappa shape index (κ3) is 27.9. The van der Waals surface area contributed by atoms with E-state index in [1.54, 1.807) is 6.08 Å². The molecule has 58 valence electrons. The van der Waals surface area contributed by atoms with Gasteiger partial charge in [0, 0.05) is 0 Å². The van der Waals surface area contributed by atoms with Crippen molar-refractivity contribution >= 4 is 0 Å². The summed E-state index contributed by atoms with van der Waals surface area (Å²) in [6.07, 6.45) is 2.81. The van der Waals surface area contributed by atoms with Crippen LogP contribution in [0.1, 0.15) is 20.8 Å². The first kappa shape index (κ1) is 11.8. The van der Waals surface area contributed by atoms with Crippen LogP contribution in [0.5, 0.6) is 0 Å². The normalized spacial score (nSPS) is 6.70. The highest BCUT2D eigenvalue weighted by Crippen LogP contribution is 1.81. The van der Waals surface area contributed by atoms with Gasteiger partial charge in [0.2, 0.25) is 0 Å². The van der Waals surface area contributed by atoms with Crippen LogP contribution in [0, 0.1) is 0 Å². The molecule has 10 heavy (non-hydrogen) atoms. The van der Waals surface area contributed by atoms with Gasteiger partial charge >= 0.3 is 0 Å². The Bertz CT molecular complexity index is 128. The molecule has 1 nitrogen and oxygen atoms in total. The van der Waals surface area contributed by atoms with Crippen LogP contribution in [-0.4, -0.2) is 5.11 Å². The Morgan fingerprint density at radius 3 is 1.50 bits per heavy atom. The van der Waals surface area contributed by atoms with Crippen molar-refractivity contribution in [2.75, 3.05) is 0 Å². The lowest BCUT2D eigenvalue weighted by molar-refractivity contribution is 0.467. The minimum absolute atomic E-state index is 0.935. The minimum Gasteiger partial charge on any atom is -0.516 e. The van der Waals surface area contributed by atoms with Gasteiger partial charge in [0.25, 0.3) is 0 Å². The second-order valence-corrected chi connectivity index (χ2v) is 2.26. The first-order valence-electron chi connectivity index (χ1n) is 3.10. The van der Waals surface area contributed by atoms with E-state index in [0.29, 0.717) is 0 Å². The molecule has 0 aliphatic heterocycles. The van der Waals surface area contributed by atoms with E-state index in [9.17, 15) is 0 Å². The summed E-state index contributed by atoms with van der Waals surface area (Å²) in [5, 5.41) is 7.98. The molecule has 0 saturated heterocycles. The fourth-order valence-electron chi connectivity index (χ4n) is 0. The summed E-state index contributed by atoms with van der Waals surface area (Å²) < 4.78 is 0. The van der Waals surface area contributed by atoms with Gasteiger partial charge in [-0.1, -0.05) is 24.8 Å². The summed E-state index contributed by atoms with van der Waals surface area (Å²) >= 11 is 0. The Hall–Kier alpha value is -0.980. The van der Waals surface area contributed by atoms with Crippen molar-refractivity contribution in [2.45, 2.75) is 20.8 Å². The van der Waals surface area contributed by atoms with Crippen LogP contribution in [0.15, 0.2) is 36.6 Å². The average Bonchev–Trinajstić information content (AvgIpc) is 1.89. The summed E-state index contributed by atoms with van der Waals surface area (Å²) in [5.74, 6) is 0. The zero-order valence-electron chi connectivity index (χ0n) is 7.02. The smallest absolute Gasteiger partial charge is 0.0778 e. The third-order valence-corrected chi connectivity index (χ3v) is 0.607. The second kappa shape index (κ2) is 8.02. The molecule has 0 fully saturated rings. The number of allylic oxidation sites excluding steroid dienone is 3. The van der Waals surface area contributed by atoms with E-state index in [1.807, 2.05) is 20.8 Å². The highest BCUT2D eigenvalue weighted by atomic mass is 16.2. The summed E-state index contributed by atoms with van der Waals surface area (Å²) in [6.45, 7) is 12.6. The SMILES string of the molecule is C=CC(=C)C.CC(C)=CO. The van der Waals surface area contributed by atoms with Gasteiger partial charge in [0.15, 0.2) is 0 Å². The molecule has 0 saturated carbocycles. The number of aliphatic hydroxyl groups is 1. The quantitative estimate of drug-likeness (QED) is 0.438. The van der Waals surface area contributed by atoms with E-state index in [1.165, 1.54) is 0 Å². The summed E-state index contributed by atoms with van der Waals surface area (Å²) in [6, 6.07) is 0. The molecule has 0 aliphatic carbocycles. The maximum absolute atomic E-state index is 7.98. The maximum atomic E-state index is 7.98. The molecule has 0 bridgehead atoms. The molecular formula is C9H16O.